The van der Waals surface area contributed by atoms with Crippen molar-refractivity contribution >= 4 is 11.6 Å². The molecule has 1 aromatic rings. The van der Waals surface area contributed by atoms with Crippen LogP contribution in [0.25, 0.3) is 0 Å². The maximum absolute atomic E-state index is 11.3. The van der Waals surface area contributed by atoms with Gasteiger partial charge in [0.2, 0.25) is 5.91 Å². The van der Waals surface area contributed by atoms with E-state index in [1.807, 2.05) is 11.8 Å². The number of carbonyl (C=O) groups is 1. The molecule has 1 fully saturated rings. The third-order valence-corrected chi connectivity index (χ3v) is 2.84. The van der Waals surface area contributed by atoms with Gasteiger partial charge in [-0.05, 0) is 24.2 Å². The van der Waals surface area contributed by atoms with Crippen molar-refractivity contribution in [2.24, 2.45) is 0 Å². The summed E-state index contributed by atoms with van der Waals surface area (Å²) in [7, 11) is 0. The predicted octanol–water partition coefficient (Wildman–Crippen LogP) is 1.05. The number of nitrogens with one attached hydrogen (secondary N) is 1. The van der Waals surface area contributed by atoms with Crippen LogP contribution in [0.3, 0.4) is 0 Å². The minimum absolute atomic E-state index is 0.0183. The molecule has 0 unspecified atom stereocenters. The lowest BCUT2D eigenvalue weighted by molar-refractivity contribution is -0.384. The van der Waals surface area contributed by atoms with Gasteiger partial charge in [0, 0.05) is 12.1 Å². The minimum atomic E-state index is -0.436. The lowest BCUT2D eigenvalue weighted by Crippen LogP contribution is -2.27. The summed E-state index contributed by atoms with van der Waals surface area (Å²) in [5.41, 5.74) is 0.921. The topological polar surface area (TPSA) is 75.5 Å². The second-order valence-corrected chi connectivity index (χ2v) is 3.88. The maximum Gasteiger partial charge on any atom is 0.269 e. The van der Waals surface area contributed by atoms with E-state index in [0.29, 0.717) is 6.54 Å². The molecule has 1 amide bonds. The van der Waals surface area contributed by atoms with E-state index in [4.69, 9.17) is 0 Å². The van der Waals surface area contributed by atoms with Crippen molar-refractivity contribution in [1.29, 1.82) is 0 Å². The van der Waals surface area contributed by atoms with E-state index in [-0.39, 0.29) is 17.8 Å². The Hall–Kier alpha value is -1.95. The van der Waals surface area contributed by atoms with Crippen molar-refractivity contribution in [3.63, 3.8) is 0 Å². The van der Waals surface area contributed by atoms with E-state index < -0.39 is 4.92 Å². The lowest BCUT2D eigenvalue weighted by atomic mass is 10.1. The van der Waals surface area contributed by atoms with Gasteiger partial charge in [0.05, 0.1) is 11.5 Å². The van der Waals surface area contributed by atoms with Crippen LogP contribution >= 0.6 is 0 Å². The molecule has 0 radical (unpaired) electrons. The van der Waals surface area contributed by atoms with Crippen molar-refractivity contribution in [3.05, 3.63) is 39.9 Å². The molecule has 6 nitrogen and oxygen atoms in total. The van der Waals surface area contributed by atoms with Crippen LogP contribution in [0.1, 0.15) is 18.7 Å². The highest BCUT2D eigenvalue weighted by Crippen LogP contribution is 2.23. The van der Waals surface area contributed by atoms with Crippen molar-refractivity contribution in [3.8, 4) is 0 Å². The van der Waals surface area contributed by atoms with Crippen LogP contribution in [-0.2, 0) is 4.79 Å². The van der Waals surface area contributed by atoms with E-state index in [0.717, 1.165) is 12.1 Å². The van der Waals surface area contributed by atoms with Crippen molar-refractivity contribution in [1.82, 2.24) is 10.2 Å². The molecule has 1 heterocycles. The number of non-ortho nitro benzene ring substituents is 1. The number of nitro groups is 1. The standard InChI is InChI=1S/C11H13N3O3/c1-2-13-7-10(15)12-11(13)8-3-5-9(6-4-8)14(16)17/h3-6,11H,2,7H2,1H3,(H,12,15)/t11-/m0/s1. The van der Waals surface area contributed by atoms with Crippen LogP contribution in [0.4, 0.5) is 5.69 Å². The van der Waals surface area contributed by atoms with Crippen molar-refractivity contribution in [2.45, 2.75) is 13.1 Å². The molecule has 6 heteroatoms. The molecule has 17 heavy (non-hydrogen) atoms. The second kappa shape index (κ2) is 4.50. The molecule has 1 aliphatic heterocycles. The van der Waals surface area contributed by atoms with Crippen LogP contribution in [0.2, 0.25) is 0 Å². The summed E-state index contributed by atoms with van der Waals surface area (Å²) in [6, 6.07) is 6.26. The molecule has 1 atom stereocenters. The first kappa shape index (κ1) is 11.5. The smallest absolute Gasteiger partial charge is 0.269 e. The number of nitro benzene ring substituents is 1. The molecule has 2 rings (SSSR count). The first-order valence-corrected chi connectivity index (χ1v) is 5.39. The lowest BCUT2D eigenvalue weighted by Gasteiger charge is -2.21. The molecule has 0 aliphatic carbocycles. The van der Waals surface area contributed by atoms with Gasteiger partial charge in [0.1, 0.15) is 6.17 Å². The van der Waals surface area contributed by atoms with Crippen LogP contribution in [0, 0.1) is 10.1 Å². The van der Waals surface area contributed by atoms with Gasteiger partial charge < -0.3 is 5.32 Å². The number of nitrogens with zero attached hydrogens (tertiary/aromatic N) is 2. The fourth-order valence-corrected chi connectivity index (χ4v) is 1.93. The molecule has 1 aliphatic rings. The van der Waals surface area contributed by atoms with Gasteiger partial charge in [0.25, 0.3) is 5.69 Å². The van der Waals surface area contributed by atoms with E-state index in [1.54, 1.807) is 12.1 Å². The number of carbonyl (C=O) groups excluding carboxylic acids is 1. The molecule has 1 aromatic carbocycles. The Labute approximate surface area is 98.4 Å². The van der Waals surface area contributed by atoms with Gasteiger partial charge >= 0.3 is 0 Å². The molecular weight excluding hydrogens is 222 g/mol. The summed E-state index contributed by atoms with van der Waals surface area (Å²) < 4.78 is 0. The molecule has 0 spiro atoms. The van der Waals surface area contributed by atoms with Gasteiger partial charge in [0.15, 0.2) is 0 Å². The first-order valence-electron chi connectivity index (χ1n) is 5.39. The fraction of sp³-hybridized carbons (Fsp3) is 0.364. The summed E-state index contributed by atoms with van der Waals surface area (Å²) >= 11 is 0. The summed E-state index contributed by atoms with van der Waals surface area (Å²) in [4.78, 5) is 23.4. The fourth-order valence-electron chi connectivity index (χ4n) is 1.93. The van der Waals surface area contributed by atoms with Crippen molar-refractivity contribution in [2.75, 3.05) is 13.1 Å². The minimum Gasteiger partial charge on any atom is -0.335 e. The zero-order chi connectivity index (χ0) is 12.4. The Morgan fingerprint density at radius 3 is 2.65 bits per heavy atom. The second-order valence-electron chi connectivity index (χ2n) is 3.88. The Balaban J connectivity index is 2.22. The van der Waals surface area contributed by atoms with Gasteiger partial charge in [-0.2, -0.15) is 0 Å². The number of benzene rings is 1. The average Bonchev–Trinajstić information content (AvgIpc) is 2.70. The molecule has 0 bridgehead atoms. The number of likely N-dealkylation sites (N-methyl/N-ethyl adjacent to an activating group) is 1. The van der Waals surface area contributed by atoms with Crippen molar-refractivity contribution < 1.29 is 9.72 Å². The highest BCUT2D eigenvalue weighted by Gasteiger charge is 2.29. The van der Waals surface area contributed by atoms with E-state index >= 15 is 0 Å². The number of hydrogen-bond donors (Lipinski definition) is 1. The quantitative estimate of drug-likeness (QED) is 0.627. The molecule has 1 N–H and O–H groups in total. The Morgan fingerprint density at radius 2 is 2.12 bits per heavy atom. The van der Waals surface area contributed by atoms with Crippen LogP contribution in [0.15, 0.2) is 24.3 Å². The van der Waals surface area contributed by atoms with Gasteiger partial charge in [-0.1, -0.05) is 6.92 Å². The molecule has 1 saturated heterocycles. The Kier molecular flexibility index (Phi) is 3.06. The zero-order valence-electron chi connectivity index (χ0n) is 9.42. The summed E-state index contributed by atoms with van der Waals surface area (Å²) in [6.45, 7) is 3.09. The number of hydrogen-bond acceptors (Lipinski definition) is 4. The van der Waals surface area contributed by atoms with Gasteiger partial charge in [-0.3, -0.25) is 19.8 Å². The van der Waals surface area contributed by atoms with Crippen LogP contribution < -0.4 is 5.32 Å². The largest absolute Gasteiger partial charge is 0.335 e. The van der Waals surface area contributed by atoms with E-state index in [9.17, 15) is 14.9 Å². The molecule has 90 valence electrons. The zero-order valence-corrected chi connectivity index (χ0v) is 9.42. The Morgan fingerprint density at radius 1 is 1.47 bits per heavy atom. The molecule has 0 aromatic heterocycles. The Bertz CT molecular complexity index is 444. The normalized spacial score (nSPS) is 20.3. The summed E-state index contributed by atoms with van der Waals surface area (Å²) in [5, 5.41) is 13.4. The number of rotatable bonds is 3. The highest BCUT2D eigenvalue weighted by atomic mass is 16.6. The highest BCUT2D eigenvalue weighted by molar-refractivity contribution is 5.80. The third kappa shape index (κ3) is 2.26. The first-order chi connectivity index (χ1) is 8.11. The third-order valence-electron chi connectivity index (χ3n) is 2.84. The van der Waals surface area contributed by atoms with Crippen LogP contribution in [-0.4, -0.2) is 28.8 Å². The summed E-state index contributed by atoms with van der Waals surface area (Å²) in [5.74, 6) is -0.0183. The molecular formula is C11H13N3O3. The SMILES string of the molecule is CCN1CC(=O)N[C@@H]1c1ccc([N+](=O)[O-])cc1. The number of amides is 1. The molecule has 0 saturated carbocycles. The average molecular weight is 235 g/mol. The predicted molar refractivity (Wildman–Crippen MR) is 61.2 cm³/mol. The van der Waals surface area contributed by atoms with Gasteiger partial charge in [-0.25, -0.2) is 0 Å². The van der Waals surface area contributed by atoms with E-state index in [1.165, 1.54) is 12.1 Å². The van der Waals surface area contributed by atoms with Crippen LogP contribution in [0.5, 0.6) is 0 Å². The van der Waals surface area contributed by atoms with Gasteiger partial charge in [-0.15, -0.1) is 0 Å². The monoisotopic (exact) mass is 235 g/mol. The van der Waals surface area contributed by atoms with E-state index in [2.05, 4.69) is 5.32 Å². The maximum atomic E-state index is 11.3. The summed E-state index contributed by atoms with van der Waals surface area (Å²) in [6.07, 6.45) is -0.173.